The Hall–Kier alpha value is -2.69. The molecule has 0 spiro atoms. The van der Waals surface area contributed by atoms with E-state index in [0.717, 1.165) is 29.0 Å². The van der Waals surface area contributed by atoms with Crippen LogP contribution in [0.3, 0.4) is 0 Å². The van der Waals surface area contributed by atoms with Crippen LogP contribution in [0.1, 0.15) is 17.5 Å². The molecule has 4 heteroatoms. The van der Waals surface area contributed by atoms with Gasteiger partial charge in [-0.3, -0.25) is 4.98 Å². The Kier molecular flexibility index (Phi) is 7.59. The summed E-state index contributed by atoms with van der Waals surface area (Å²) in [6, 6.07) is 20.9. The highest BCUT2D eigenvalue weighted by Crippen LogP contribution is 2.24. The van der Waals surface area contributed by atoms with Gasteiger partial charge in [0.25, 0.3) is 0 Å². The second kappa shape index (κ2) is 10.6. The predicted octanol–water partition coefficient (Wildman–Crippen LogP) is 4.02. The number of nitrogens with zero attached hydrogens (tertiary/aromatic N) is 1. The lowest BCUT2D eigenvalue weighted by molar-refractivity contribution is 0.217. The fourth-order valence-corrected chi connectivity index (χ4v) is 2.91. The number of nitrogens with one attached hydrogen (secondary N) is 1. The van der Waals surface area contributed by atoms with E-state index < -0.39 is 0 Å². The summed E-state index contributed by atoms with van der Waals surface area (Å²) in [6.07, 6.45) is 5.44. The zero-order valence-electron chi connectivity index (χ0n) is 16.3. The van der Waals surface area contributed by atoms with Crippen molar-refractivity contribution in [2.75, 3.05) is 19.8 Å². The zero-order chi connectivity index (χ0) is 19.6. The number of benzene rings is 2. The van der Waals surface area contributed by atoms with E-state index in [1.807, 2.05) is 42.6 Å². The molecule has 2 heterocycles. The number of hydrogen-bond acceptors (Lipinski definition) is 4. The van der Waals surface area contributed by atoms with Gasteiger partial charge in [0, 0.05) is 24.4 Å². The highest BCUT2D eigenvalue weighted by atomic mass is 16.5. The van der Waals surface area contributed by atoms with Crippen LogP contribution in [0.15, 0.2) is 73.1 Å². The molecule has 1 aromatic heterocycles. The van der Waals surface area contributed by atoms with Gasteiger partial charge in [-0.25, -0.2) is 0 Å². The molecule has 1 aliphatic heterocycles. The summed E-state index contributed by atoms with van der Waals surface area (Å²) in [5.41, 5.74) is 4.58. The van der Waals surface area contributed by atoms with Crippen LogP contribution < -0.4 is 10.1 Å². The Balaban J connectivity index is 0.000000271. The lowest BCUT2D eigenvalue weighted by Gasteiger charge is -2.27. The molecule has 4 nitrogen and oxygen atoms in total. The molecule has 3 aromatic rings. The van der Waals surface area contributed by atoms with Gasteiger partial charge in [-0.05, 0) is 43.5 Å². The first-order chi connectivity index (χ1) is 13.7. The molecule has 1 fully saturated rings. The van der Waals surface area contributed by atoms with E-state index in [-0.39, 0.29) is 6.61 Å². The summed E-state index contributed by atoms with van der Waals surface area (Å²) < 4.78 is 5.78. The van der Waals surface area contributed by atoms with Gasteiger partial charge in [-0.2, -0.15) is 0 Å². The topological polar surface area (TPSA) is 54.4 Å². The summed E-state index contributed by atoms with van der Waals surface area (Å²) in [5, 5.41) is 12.4. The Morgan fingerprint density at radius 2 is 1.86 bits per heavy atom. The minimum Gasteiger partial charge on any atom is -0.490 e. The number of rotatable bonds is 6. The monoisotopic (exact) mass is 376 g/mol. The fourth-order valence-electron chi connectivity index (χ4n) is 2.91. The highest BCUT2D eigenvalue weighted by molar-refractivity contribution is 5.64. The van der Waals surface area contributed by atoms with E-state index in [0.29, 0.717) is 19.1 Å². The first-order valence-electron chi connectivity index (χ1n) is 9.77. The van der Waals surface area contributed by atoms with Gasteiger partial charge in [0.2, 0.25) is 0 Å². The largest absolute Gasteiger partial charge is 0.490 e. The molecule has 146 valence electrons. The standard InChI is InChI=1S/C17H20N2O2.C7H8/c20-7-5-13-2-1-3-14(8-13)15-9-17(11-18-10-15)21-12-16-4-6-19-16;1-7-5-3-2-4-6-7/h1-3,8-11,16,19-20H,4-7,12H2;2-6H,1H3. The third-order valence-corrected chi connectivity index (χ3v) is 4.69. The molecule has 1 unspecified atom stereocenters. The maximum Gasteiger partial charge on any atom is 0.138 e. The minimum atomic E-state index is 0.166. The molecule has 1 aliphatic rings. The summed E-state index contributed by atoms with van der Waals surface area (Å²) in [6.45, 7) is 4.03. The molecule has 0 saturated carbocycles. The molecule has 0 aliphatic carbocycles. The lowest BCUT2D eigenvalue weighted by atomic mass is 10.0. The summed E-state index contributed by atoms with van der Waals surface area (Å²) >= 11 is 0. The van der Waals surface area contributed by atoms with Gasteiger partial charge in [0.15, 0.2) is 0 Å². The Morgan fingerprint density at radius 1 is 1.04 bits per heavy atom. The Labute approximate surface area is 167 Å². The molecule has 1 atom stereocenters. The molecule has 0 radical (unpaired) electrons. The van der Waals surface area contributed by atoms with Crippen molar-refractivity contribution in [1.29, 1.82) is 0 Å². The van der Waals surface area contributed by atoms with E-state index in [9.17, 15) is 0 Å². The Morgan fingerprint density at radius 3 is 2.50 bits per heavy atom. The normalized spacial score (nSPS) is 15.1. The van der Waals surface area contributed by atoms with Crippen LogP contribution in [0.2, 0.25) is 0 Å². The number of aryl methyl sites for hydroxylation is 1. The minimum absolute atomic E-state index is 0.166. The maximum absolute atomic E-state index is 9.04. The first-order valence-corrected chi connectivity index (χ1v) is 9.77. The van der Waals surface area contributed by atoms with Crippen LogP contribution in [0.5, 0.6) is 5.75 Å². The molecule has 2 aromatic carbocycles. The molecule has 1 saturated heterocycles. The van der Waals surface area contributed by atoms with Gasteiger partial charge in [0.05, 0.1) is 6.20 Å². The first kappa shape index (κ1) is 20.1. The van der Waals surface area contributed by atoms with Crippen molar-refractivity contribution >= 4 is 0 Å². The zero-order valence-corrected chi connectivity index (χ0v) is 16.3. The van der Waals surface area contributed by atoms with Crippen molar-refractivity contribution in [3.63, 3.8) is 0 Å². The van der Waals surface area contributed by atoms with E-state index in [1.165, 1.54) is 12.0 Å². The summed E-state index contributed by atoms with van der Waals surface area (Å²) in [4.78, 5) is 4.26. The van der Waals surface area contributed by atoms with Crippen LogP contribution in [-0.2, 0) is 6.42 Å². The Bertz CT molecular complexity index is 848. The number of hydrogen-bond donors (Lipinski definition) is 2. The average Bonchev–Trinajstić information content (AvgIpc) is 2.69. The van der Waals surface area contributed by atoms with Gasteiger partial charge in [0.1, 0.15) is 12.4 Å². The van der Waals surface area contributed by atoms with Gasteiger partial charge in [-0.15, -0.1) is 0 Å². The highest BCUT2D eigenvalue weighted by Gasteiger charge is 2.16. The van der Waals surface area contributed by atoms with Gasteiger partial charge in [-0.1, -0.05) is 60.2 Å². The van der Waals surface area contributed by atoms with E-state index in [4.69, 9.17) is 9.84 Å². The third kappa shape index (κ3) is 6.19. The average molecular weight is 377 g/mol. The molecular formula is C24H28N2O2. The summed E-state index contributed by atoms with van der Waals surface area (Å²) in [7, 11) is 0. The van der Waals surface area contributed by atoms with E-state index >= 15 is 0 Å². The van der Waals surface area contributed by atoms with Crippen LogP contribution in [-0.4, -0.2) is 35.9 Å². The third-order valence-electron chi connectivity index (χ3n) is 4.69. The van der Waals surface area contributed by atoms with Crippen LogP contribution in [0.4, 0.5) is 0 Å². The van der Waals surface area contributed by atoms with Crippen LogP contribution in [0, 0.1) is 6.92 Å². The van der Waals surface area contributed by atoms with E-state index in [1.54, 1.807) is 6.20 Å². The molecule has 2 N–H and O–H groups in total. The summed E-state index contributed by atoms with van der Waals surface area (Å²) in [5.74, 6) is 0.800. The number of aliphatic hydroxyl groups is 1. The second-order valence-electron chi connectivity index (χ2n) is 6.99. The quantitative estimate of drug-likeness (QED) is 0.682. The molecule has 0 amide bonds. The molecule has 4 rings (SSSR count). The number of pyridine rings is 1. The van der Waals surface area contributed by atoms with Crippen molar-refractivity contribution in [1.82, 2.24) is 10.3 Å². The van der Waals surface area contributed by atoms with Crippen molar-refractivity contribution < 1.29 is 9.84 Å². The fraction of sp³-hybridized carbons (Fsp3) is 0.292. The van der Waals surface area contributed by atoms with Crippen molar-refractivity contribution in [3.05, 3.63) is 84.2 Å². The molecule has 28 heavy (non-hydrogen) atoms. The SMILES string of the molecule is Cc1ccccc1.OCCc1cccc(-c2cncc(OCC3CCN3)c2)c1. The smallest absolute Gasteiger partial charge is 0.138 e. The lowest BCUT2D eigenvalue weighted by Crippen LogP contribution is -2.46. The van der Waals surface area contributed by atoms with Crippen molar-refractivity contribution in [2.45, 2.75) is 25.8 Å². The van der Waals surface area contributed by atoms with Gasteiger partial charge >= 0.3 is 0 Å². The number of aliphatic hydroxyl groups excluding tert-OH is 1. The number of aromatic nitrogens is 1. The molecule has 0 bridgehead atoms. The van der Waals surface area contributed by atoms with Crippen molar-refractivity contribution in [2.24, 2.45) is 0 Å². The van der Waals surface area contributed by atoms with Crippen molar-refractivity contribution in [3.8, 4) is 16.9 Å². The number of ether oxygens (including phenoxy) is 1. The van der Waals surface area contributed by atoms with Gasteiger partial charge < -0.3 is 15.2 Å². The van der Waals surface area contributed by atoms with Crippen LogP contribution in [0.25, 0.3) is 11.1 Å². The second-order valence-corrected chi connectivity index (χ2v) is 6.99. The van der Waals surface area contributed by atoms with E-state index in [2.05, 4.69) is 41.5 Å². The molecular weight excluding hydrogens is 348 g/mol. The van der Waals surface area contributed by atoms with Crippen LogP contribution >= 0.6 is 0 Å². The predicted molar refractivity (Wildman–Crippen MR) is 114 cm³/mol. The maximum atomic E-state index is 9.04.